The molecule has 0 saturated heterocycles. The van der Waals surface area contributed by atoms with E-state index in [1.165, 1.54) is 12.3 Å². The average Bonchev–Trinajstić information content (AvgIpc) is 2.60. The zero-order chi connectivity index (χ0) is 19.1. The molecule has 0 bridgehead atoms. The summed E-state index contributed by atoms with van der Waals surface area (Å²) in [5.41, 5.74) is 8.65. The highest BCUT2D eigenvalue weighted by molar-refractivity contribution is 6.00. The van der Waals surface area contributed by atoms with E-state index < -0.39 is 5.95 Å². The molecular formula is C20H17FN4O2. The van der Waals surface area contributed by atoms with Gasteiger partial charge in [0.15, 0.2) is 5.78 Å². The van der Waals surface area contributed by atoms with Crippen LogP contribution < -0.4 is 5.73 Å². The minimum atomic E-state index is -0.630. The number of fused-ring (bicyclic) bond motifs is 1. The lowest BCUT2D eigenvalue weighted by Crippen LogP contribution is -2.23. The van der Waals surface area contributed by atoms with Gasteiger partial charge in [0.2, 0.25) is 11.9 Å². The van der Waals surface area contributed by atoms with E-state index in [0.29, 0.717) is 34.5 Å². The Labute approximate surface area is 154 Å². The van der Waals surface area contributed by atoms with Crippen molar-refractivity contribution in [2.24, 2.45) is 0 Å². The summed E-state index contributed by atoms with van der Waals surface area (Å²) in [5, 5.41) is 10.5. The van der Waals surface area contributed by atoms with Gasteiger partial charge in [-0.05, 0) is 37.1 Å². The lowest BCUT2D eigenvalue weighted by molar-refractivity contribution is 0.0962. The fraction of sp³-hybridized carbons (Fsp3) is 0.200. The number of nitrogen functional groups attached to an aromatic ring is 1. The molecule has 1 unspecified atom stereocenters. The van der Waals surface area contributed by atoms with Crippen LogP contribution in [0.3, 0.4) is 0 Å². The monoisotopic (exact) mass is 364 g/mol. The summed E-state index contributed by atoms with van der Waals surface area (Å²) in [4.78, 5) is 24.7. The minimum Gasteiger partial charge on any atom is -0.508 e. The van der Waals surface area contributed by atoms with E-state index in [1.807, 2.05) is 0 Å². The first-order chi connectivity index (χ1) is 13.0. The van der Waals surface area contributed by atoms with Gasteiger partial charge < -0.3 is 10.8 Å². The van der Waals surface area contributed by atoms with Crippen LogP contribution in [0.4, 0.5) is 10.3 Å². The molecule has 6 nitrogen and oxygen atoms in total. The summed E-state index contributed by atoms with van der Waals surface area (Å²) in [7, 11) is 0. The number of phenols is 1. The lowest BCUT2D eigenvalue weighted by atomic mass is 9.78. The van der Waals surface area contributed by atoms with Crippen molar-refractivity contribution in [3.63, 3.8) is 0 Å². The highest BCUT2D eigenvalue weighted by Crippen LogP contribution is 2.42. The number of rotatable bonds is 2. The van der Waals surface area contributed by atoms with Crippen LogP contribution in [0.5, 0.6) is 5.75 Å². The van der Waals surface area contributed by atoms with Crippen LogP contribution in [0, 0.1) is 12.9 Å². The number of aromatic hydroxyl groups is 1. The van der Waals surface area contributed by atoms with Crippen LogP contribution >= 0.6 is 0 Å². The topological polar surface area (TPSA) is 102 Å². The van der Waals surface area contributed by atoms with Gasteiger partial charge in [-0.15, -0.1) is 0 Å². The number of carbonyl (C=O) groups is 1. The summed E-state index contributed by atoms with van der Waals surface area (Å²) in [6.07, 6.45) is 1.94. The van der Waals surface area contributed by atoms with Gasteiger partial charge in [0, 0.05) is 29.7 Å². The number of pyridine rings is 1. The number of anilines is 1. The molecule has 3 N–H and O–H groups in total. The van der Waals surface area contributed by atoms with Crippen molar-refractivity contribution >= 4 is 11.7 Å². The van der Waals surface area contributed by atoms with Gasteiger partial charge in [-0.25, -0.2) is 15.0 Å². The predicted molar refractivity (Wildman–Crippen MR) is 97.9 cm³/mol. The number of hydrogen-bond acceptors (Lipinski definition) is 6. The summed E-state index contributed by atoms with van der Waals surface area (Å²) in [6.45, 7) is 1.73. The Kier molecular flexibility index (Phi) is 4.07. The Morgan fingerprint density at radius 1 is 1.15 bits per heavy atom. The molecule has 1 aliphatic rings. The Hall–Kier alpha value is -3.35. The standard InChI is InChI=1S/C20H17FN4O2/c1-10-17-14(25-20(22)24-10)8-11(9-16(17)27)18-12(4-2-6-15(18)26)13-5-3-7-23-19(13)21/h2-7,11,26H,8-9H2,1H3,(H2,22,24,25). The van der Waals surface area contributed by atoms with Crippen molar-refractivity contribution in [3.8, 4) is 16.9 Å². The van der Waals surface area contributed by atoms with Gasteiger partial charge in [0.05, 0.1) is 17.0 Å². The van der Waals surface area contributed by atoms with Gasteiger partial charge in [-0.2, -0.15) is 4.39 Å². The molecule has 2 heterocycles. The fourth-order valence-corrected chi connectivity index (χ4v) is 3.81. The zero-order valence-electron chi connectivity index (χ0n) is 14.6. The number of benzene rings is 1. The molecule has 0 fully saturated rings. The minimum absolute atomic E-state index is 0.00996. The van der Waals surface area contributed by atoms with Gasteiger partial charge >= 0.3 is 0 Å². The molecule has 1 atom stereocenters. The van der Waals surface area contributed by atoms with Gasteiger partial charge in [-0.3, -0.25) is 4.79 Å². The van der Waals surface area contributed by atoms with Crippen molar-refractivity contribution in [1.29, 1.82) is 0 Å². The normalized spacial score (nSPS) is 16.2. The molecule has 0 radical (unpaired) electrons. The number of aryl methyl sites for hydroxylation is 1. The maximum absolute atomic E-state index is 14.3. The fourth-order valence-electron chi connectivity index (χ4n) is 3.81. The average molecular weight is 364 g/mol. The number of nitrogens with zero attached hydrogens (tertiary/aromatic N) is 3. The van der Waals surface area contributed by atoms with Crippen molar-refractivity contribution < 1.29 is 14.3 Å². The first-order valence-corrected chi connectivity index (χ1v) is 8.54. The maximum Gasteiger partial charge on any atom is 0.220 e. The molecule has 1 aromatic carbocycles. The van der Waals surface area contributed by atoms with E-state index >= 15 is 0 Å². The molecule has 4 rings (SSSR count). The second-order valence-corrected chi connectivity index (χ2v) is 6.60. The maximum atomic E-state index is 14.3. The summed E-state index contributed by atoms with van der Waals surface area (Å²) in [5.74, 6) is -0.977. The van der Waals surface area contributed by atoms with Crippen molar-refractivity contribution in [2.75, 3.05) is 5.73 Å². The van der Waals surface area contributed by atoms with Crippen LogP contribution in [0.15, 0.2) is 36.5 Å². The van der Waals surface area contributed by atoms with Crippen LogP contribution in [-0.4, -0.2) is 25.8 Å². The third-order valence-electron chi connectivity index (χ3n) is 4.87. The number of phenolic OH excluding ortho intramolecular Hbond substituents is 1. The molecule has 0 amide bonds. The van der Waals surface area contributed by atoms with Crippen molar-refractivity contribution in [2.45, 2.75) is 25.7 Å². The third kappa shape index (κ3) is 2.91. The molecule has 0 saturated carbocycles. The Balaban J connectivity index is 1.86. The second kappa shape index (κ2) is 6.42. The molecular weight excluding hydrogens is 347 g/mol. The zero-order valence-corrected chi connectivity index (χ0v) is 14.6. The number of halogens is 1. The van der Waals surface area contributed by atoms with E-state index in [9.17, 15) is 14.3 Å². The summed E-state index contributed by atoms with van der Waals surface area (Å²) >= 11 is 0. The highest BCUT2D eigenvalue weighted by atomic mass is 19.1. The molecule has 1 aliphatic carbocycles. The second-order valence-electron chi connectivity index (χ2n) is 6.60. The lowest BCUT2D eigenvalue weighted by Gasteiger charge is -2.26. The number of carbonyl (C=O) groups excluding carboxylic acids is 1. The number of ketones is 1. The highest BCUT2D eigenvalue weighted by Gasteiger charge is 2.32. The van der Waals surface area contributed by atoms with E-state index in [4.69, 9.17) is 5.73 Å². The molecule has 0 spiro atoms. The molecule has 27 heavy (non-hydrogen) atoms. The van der Waals surface area contributed by atoms with Crippen LogP contribution in [0.1, 0.15) is 39.6 Å². The Bertz CT molecular complexity index is 1070. The smallest absolute Gasteiger partial charge is 0.220 e. The molecule has 136 valence electrons. The molecule has 3 aromatic rings. The first-order valence-electron chi connectivity index (χ1n) is 8.54. The van der Waals surface area contributed by atoms with E-state index in [2.05, 4.69) is 15.0 Å². The SMILES string of the molecule is Cc1nc(N)nc2c1C(=O)CC(c1c(O)cccc1-c1cccnc1F)C2. The Morgan fingerprint density at radius 3 is 2.70 bits per heavy atom. The number of Topliss-reactive ketones (excluding diaryl/α,β-unsaturated/α-hetero) is 1. The molecule has 2 aromatic heterocycles. The van der Waals surface area contributed by atoms with Crippen LogP contribution in [0.25, 0.3) is 11.1 Å². The summed E-state index contributed by atoms with van der Waals surface area (Å²) in [6, 6.07) is 8.12. The van der Waals surface area contributed by atoms with Gasteiger partial charge in [-0.1, -0.05) is 12.1 Å². The first kappa shape index (κ1) is 17.1. The number of aromatic nitrogens is 3. The van der Waals surface area contributed by atoms with E-state index in [-0.39, 0.29) is 35.4 Å². The quantitative estimate of drug-likeness (QED) is 0.677. The summed E-state index contributed by atoms with van der Waals surface area (Å²) < 4.78 is 14.3. The number of nitrogens with two attached hydrogens (primary N) is 1. The molecule has 0 aliphatic heterocycles. The van der Waals surface area contributed by atoms with Crippen LogP contribution in [0.2, 0.25) is 0 Å². The van der Waals surface area contributed by atoms with Gasteiger partial charge in [0.25, 0.3) is 0 Å². The van der Waals surface area contributed by atoms with Gasteiger partial charge in [0.1, 0.15) is 5.75 Å². The van der Waals surface area contributed by atoms with Crippen molar-refractivity contribution in [3.05, 3.63) is 65.0 Å². The van der Waals surface area contributed by atoms with E-state index in [0.717, 1.165) is 0 Å². The largest absolute Gasteiger partial charge is 0.508 e. The van der Waals surface area contributed by atoms with E-state index in [1.54, 1.807) is 31.2 Å². The van der Waals surface area contributed by atoms with Crippen LogP contribution in [-0.2, 0) is 6.42 Å². The predicted octanol–water partition coefficient (Wildman–Crippen LogP) is 3.19. The van der Waals surface area contributed by atoms with Crippen molar-refractivity contribution in [1.82, 2.24) is 15.0 Å². The third-order valence-corrected chi connectivity index (χ3v) is 4.87. The molecule has 7 heteroatoms. The number of hydrogen-bond donors (Lipinski definition) is 2. The Morgan fingerprint density at radius 2 is 1.93 bits per heavy atom.